The summed E-state index contributed by atoms with van der Waals surface area (Å²) in [4.78, 5) is 17.9. The number of hydrogen-bond donors (Lipinski definition) is 3. The van der Waals surface area contributed by atoms with E-state index in [4.69, 9.17) is 10.9 Å². The molecule has 1 aromatic rings. The Hall–Kier alpha value is -2.31. The van der Waals surface area contributed by atoms with Crippen LogP contribution in [0.4, 0.5) is 5.69 Å². The second-order valence-corrected chi connectivity index (χ2v) is 4.72. The predicted molar refractivity (Wildman–Crippen MR) is 82.7 cm³/mol. The summed E-state index contributed by atoms with van der Waals surface area (Å²) in [5.41, 5.74) is 6.87. The van der Waals surface area contributed by atoms with Crippen LogP contribution in [0.5, 0.6) is 0 Å². The van der Waals surface area contributed by atoms with E-state index >= 15 is 0 Å². The summed E-state index contributed by atoms with van der Waals surface area (Å²) in [6.45, 7) is 7.63. The van der Waals surface area contributed by atoms with Gasteiger partial charge in [-0.2, -0.15) is 0 Å². The minimum absolute atomic E-state index is 0.101. The molecule has 0 aromatic carbocycles. The monoisotopic (exact) mass is 293 g/mol. The second-order valence-electron chi connectivity index (χ2n) is 4.72. The van der Waals surface area contributed by atoms with Crippen molar-refractivity contribution in [3.05, 3.63) is 24.0 Å². The number of nitrogens with two attached hydrogens (primary N) is 1. The molecule has 0 aliphatic heterocycles. The van der Waals surface area contributed by atoms with E-state index < -0.39 is 0 Å². The maximum atomic E-state index is 11.8. The molecule has 1 rings (SSSR count). The van der Waals surface area contributed by atoms with Crippen molar-refractivity contribution < 1.29 is 10.0 Å². The fourth-order valence-corrected chi connectivity index (χ4v) is 1.93. The van der Waals surface area contributed by atoms with E-state index in [9.17, 15) is 4.79 Å². The quantitative estimate of drug-likeness (QED) is 0.301. The maximum absolute atomic E-state index is 11.8. The smallest absolute Gasteiger partial charge is 0.269 e. The van der Waals surface area contributed by atoms with Crippen LogP contribution in [0, 0.1) is 5.92 Å². The molecule has 1 atom stereocenters. The third-order valence-corrected chi connectivity index (χ3v) is 3.17. The summed E-state index contributed by atoms with van der Waals surface area (Å²) >= 11 is 0. The topological polar surface area (TPSA) is 104 Å². The average molecular weight is 293 g/mol. The minimum atomic E-state index is -0.195. The Kier molecular flexibility index (Phi) is 6.45. The largest absolute Gasteiger partial charge is 0.409 e. The van der Waals surface area contributed by atoms with Crippen LogP contribution < -0.4 is 16.0 Å². The van der Waals surface area contributed by atoms with Gasteiger partial charge in [0.25, 0.3) is 5.91 Å². The van der Waals surface area contributed by atoms with Crippen LogP contribution in [0.2, 0.25) is 0 Å². The zero-order chi connectivity index (χ0) is 15.8. The number of aromatic nitrogens is 1. The lowest BCUT2D eigenvalue weighted by Crippen LogP contribution is -2.35. The second kappa shape index (κ2) is 8.08. The zero-order valence-electron chi connectivity index (χ0n) is 12.7. The highest BCUT2D eigenvalue weighted by Crippen LogP contribution is 2.16. The number of pyridine rings is 1. The van der Waals surface area contributed by atoms with Crippen molar-refractivity contribution in [2.45, 2.75) is 20.8 Å². The minimum Gasteiger partial charge on any atom is -0.409 e. The lowest BCUT2D eigenvalue weighted by atomic mass is 10.1. The molecule has 0 bridgehead atoms. The molecule has 21 heavy (non-hydrogen) atoms. The first-order valence-corrected chi connectivity index (χ1v) is 7.00. The molecule has 0 fully saturated rings. The Balaban J connectivity index is 2.91. The molecule has 0 aliphatic carbocycles. The van der Waals surface area contributed by atoms with Crippen LogP contribution in [-0.4, -0.2) is 41.6 Å². The molecule has 1 unspecified atom stereocenters. The summed E-state index contributed by atoms with van der Waals surface area (Å²) in [5.74, 6) is -0.109. The molecule has 116 valence electrons. The number of oxime groups is 1. The molecule has 7 nitrogen and oxygen atoms in total. The summed E-state index contributed by atoms with van der Waals surface area (Å²) in [6, 6.07) is 3.58. The van der Waals surface area contributed by atoms with Crippen molar-refractivity contribution >= 4 is 17.4 Å². The van der Waals surface area contributed by atoms with Gasteiger partial charge >= 0.3 is 0 Å². The fraction of sp³-hybridized carbons (Fsp3) is 0.500. The van der Waals surface area contributed by atoms with Gasteiger partial charge in [-0.05, 0) is 26.0 Å². The van der Waals surface area contributed by atoms with E-state index in [1.54, 1.807) is 12.3 Å². The standard InChI is InChI=1S/C14H23N5O2/c1-4-16-14(20)12-8-11(6-7-17-12)19(5-2)9-10(3)13(15)18-21/h6-8,10,21H,4-5,9H2,1-3H3,(H2,15,18)(H,16,20). The molecule has 1 heterocycles. The third-order valence-electron chi connectivity index (χ3n) is 3.17. The first kappa shape index (κ1) is 16.7. The molecule has 0 saturated carbocycles. The van der Waals surface area contributed by atoms with E-state index in [2.05, 4.69) is 15.5 Å². The first-order chi connectivity index (χ1) is 10.0. The van der Waals surface area contributed by atoms with Crippen molar-refractivity contribution in [2.75, 3.05) is 24.5 Å². The lowest BCUT2D eigenvalue weighted by molar-refractivity contribution is 0.0951. The van der Waals surface area contributed by atoms with Gasteiger partial charge < -0.3 is 21.2 Å². The predicted octanol–water partition coefficient (Wildman–Crippen LogP) is 1.04. The summed E-state index contributed by atoms with van der Waals surface area (Å²) < 4.78 is 0. The SMILES string of the molecule is CCNC(=O)c1cc(N(CC)CC(C)C(N)=NO)ccn1. The number of amides is 1. The Morgan fingerprint density at radius 1 is 1.57 bits per heavy atom. The number of nitrogens with zero attached hydrogens (tertiary/aromatic N) is 3. The van der Waals surface area contributed by atoms with Crippen molar-refractivity contribution in [1.29, 1.82) is 0 Å². The summed E-state index contributed by atoms with van der Waals surface area (Å²) in [5, 5.41) is 14.5. The average Bonchev–Trinajstić information content (AvgIpc) is 2.51. The van der Waals surface area contributed by atoms with Gasteiger partial charge in [0.15, 0.2) is 0 Å². The highest BCUT2D eigenvalue weighted by Gasteiger charge is 2.15. The number of hydrogen-bond acceptors (Lipinski definition) is 5. The Morgan fingerprint density at radius 2 is 2.29 bits per heavy atom. The molecule has 0 aliphatic rings. The fourth-order valence-electron chi connectivity index (χ4n) is 1.93. The van der Waals surface area contributed by atoms with Crippen molar-refractivity contribution in [1.82, 2.24) is 10.3 Å². The van der Waals surface area contributed by atoms with Crippen LogP contribution in [0.25, 0.3) is 0 Å². The van der Waals surface area contributed by atoms with Crippen LogP contribution in [0.15, 0.2) is 23.5 Å². The van der Waals surface area contributed by atoms with Gasteiger partial charge in [-0.25, -0.2) is 0 Å². The van der Waals surface area contributed by atoms with Gasteiger partial charge in [0.2, 0.25) is 0 Å². The van der Waals surface area contributed by atoms with Crippen LogP contribution in [0.1, 0.15) is 31.3 Å². The van der Waals surface area contributed by atoms with E-state index in [0.717, 1.165) is 12.2 Å². The molecule has 1 aromatic heterocycles. The van der Waals surface area contributed by atoms with Gasteiger partial charge in [-0.15, -0.1) is 0 Å². The van der Waals surface area contributed by atoms with Gasteiger partial charge in [0.05, 0.1) is 0 Å². The molecule has 1 amide bonds. The van der Waals surface area contributed by atoms with Crippen LogP contribution >= 0.6 is 0 Å². The van der Waals surface area contributed by atoms with Gasteiger partial charge in [0, 0.05) is 37.4 Å². The number of nitrogens with one attached hydrogen (secondary N) is 1. The van der Waals surface area contributed by atoms with E-state index in [1.807, 2.05) is 31.7 Å². The van der Waals surface area contributed by atoms with Crippen molar-refractivity contribution in [3.8, 4) is 0 Å². The summed E-state index contributed by atoms with van der Waals surface area (Å²) in [7, 11) is 0. The van der Waals surface area contributed by atoms with Gasteiger partial charge in [-0.3, -0.25) is 9.78 Å². The molecule has 4 N–H and O–H groups in total. The number of amidine groups is 1. The normalized spacial score (nSPS) is 12.8. The first-order valence-electron chi connectivity index (χ1n) is 7.00. The van der Waals surface area contributed by atoms with E-state index in [-0.39, 0.29) is 17.7 Å². The van der Waals surface area contributed by atoms with Gasteiger partial charge in [-0.1, -0.05) is 12.1 Å². The molecule has 0 spiro atoms. The highest BCUT2D eigenvalue weighted by atomic mass is 16.4. The van der Waals surface area contributed by atoms with Crippen LogP contribution in [0.3, 0.4) is 0 Å². The highest BCUT2D eigenvalue weighted by molar-refractivity contribution is 5.93. The van der Waals surface area contributed by atoms with Crippen LogP contribution in [-0.2, 0) is 0 Å². The molecule has 7 heteroatoms. The zero-order valence-corrected chi connectivity index (χ0v) is 12.7. The van der Waals surface area contributed by atoms with E-state index in [0.29, 0.717) is 18.8 Å². The Labute approximate surface area is 124 Å². The Bertz CT molecular complexity index is 504. The number of anilines is 1. The summed E-state index contributed by atoms with van der Waals surface area (Å²) in [6.07, 6.45) is 1.61. The van der Waals surface area contributed by atoms with Gasteiger partial charge in [0.1, 0.15) is 11.5 Å². The van der Waals surface area contributed by atoms with E-state index in [1.165, 1.54) is 0 Å². The molecule has 0 radical (unpaired) electrons. The number of rotatable bonds is 7. The molecular formula is C14H23N5O2. The van der Waals surface area contributed by atoms with Crippen molar-refractivity contribution in [3.63, 3.8) is 0 Å². The number of carbonyl (C=O) groups is 1. The Morgan fingerprint density at radius 3 is 2.86 bits per heavy atom. The van der Waals surface area contributed by atoms with Crippen molar-refractivity contribution in [2.24, 2.45) is 16.8 Å². The maximum Gasteiger partial charge on any atom is 0.269 e. The third kappa shape index (κ3) is 4.62. The lowest BCUT2D eigenvalue weighted by Gasteiger charge is -2.26. The molecule has 0 saturated heterocycles. The number of carbonyl (C=O) groups excluding carboxylic acids is 1. The molecular weight excluding hydrogens is 270 g/mol.